The van der Waals surface area contributed by atoms with Crippen LogP contribution in [0.3, 0.4) is 0 Å². The van der Waals surface area contributed by atoms with Crippen molar-refractivity contribution in [3.8, 4) is 11.5 Å². The molecule has 0 fully saturated rings. The number of aromatic nitrogens is 1. The zero-order chi connectivity index (χ0) is 40.9. The van der Waals surface area contributed by atoms with E-state index < -0.39 is 30.9 Å². The fraction of sp³-hybridized carbons (Fsp3) is 0.133. The maximum Gasteiger partial charge on any atom is 0.527 e. The third-order valence-corrected chi connectivity index (χ3v) is 12.2. The average molecular weight is 827 g/mol. The lowest BCUT2D eigenvalue weighted by molar-refractivity contribution is -0.124. The number of phosphoric ester groups is 1. The van der Waals surface area contributed by atoms with E-state index in [1.54, 1.807) is 61.7 Å². The number of phosphoric acid groups is 1. The van der Waals surface area contributed by atoms with Gasteiger partial charge in [0.15, 0.2) is 0 Å². The number of fused-ring (bicyclic) bond motifs is 3. The van der Waals surface area contributed by atoms with Crippen LogP contribution in [0.25, 0.3) is 21.7 Å². The van der Waals surface area contributed by atoms with Gasteiger partial charge in [-0.2, -0.15) is 0 Å². The summed E-state index contributed by atoms with van der Waals surface area (Å²) in [6, 6.07) is 42.5. The highest BCUT2D eigenvalue weighted by Gasteiger charge is 2.40. The smallest absolute Gasteiger partial charge is 0.497 e. The van der Waals surface area contributed by atoms with Crippen molar-refractivity contribution in [1.82, 2.24) is 15.6 Å². The molecule has 12 nitrogen and oxygen atoms in total. The molecule has 3 amide bonds. The van der Waals surface area contributed by atoms with Gasteiger partial charge in [-0.05, 0) is 76.0 Å². The summed E-state index contributed by atoms with van der Waals surface area (Å²) in [5.74, 6) is -0.731. The molecule has 1 aromatic heterocycles. The largest absolute Gasteiger partial charge is 0.527 e. The lowest BCUT2D eigenvalue weighted by Crippen LogP contribution is -2.52. The Balaban J connectivity index is 1.05. The molecule has 0 saturated carbocycles. The van der Waals surface area contributed by atoms with Crippen molar-refractivity contribution in [2.24, 2.45) is 0 Å². The van der Waals surface area contributed by atoms with Crippen LogP contribution >= 0.6 is 19.6 Å². The molecule has 0 bridgehead atoms. The molecule has 14 heteroatoms. The van der Waals surface area contributed by atoms with Crippen LogP contribution < -0.4 is 24.8 Å². The topological polar surface area (TPSA) is 159 Å². The summed E-state index contributed by atoms with van der Waals surface area (Å²) < 4.78 is 28.7. The van der Waals surface area contributed by atoms with E-state index in [4.69, 9.17) is 13.8 Å². The second-order valence-corrected chi connectivity index (χ2v) is 16.4. The van der Waals surface area contributed by atoms with Gasteiger partial charge in [0.2, 0.25) is 5.91 Å². The first-order valence-electron chi connectivity index (χ1n) is 18.7. The standard InChI is InChI=1S/C45H39N4O8PS/c1-55-34-20-18-31(19-21-34)43-42(48-44(51)38-25-33-24-35(22-23-37(33)47-38)57-58(53,54)56-28-29-10-3-2-4-11-29)45(52)49(39-16-7-8-17-40(39)59-43)27-41(50)46-26-32-14-9-13-30-12-5-6-15-36(30)32/h2-25,42-43,47H,26-28H2,1H3,(H,46,50)(H,48,51)(H,53,54)/t42-,43-/m1/s1. The number of hydrogen-bond acceptors (Lipinski definition) is 8. The second kappa shape index (κ2) is 17.2. The number of para-hydroxylation sites is 1. The molecule has 6 aromatic carbocycles. The van der Waals surface area contributed by atoms with Gasteiger partial charge in [-0.25, -0.2) is 4.57 Å². The molecule has 1 aliphatic heterocycles. The van der Waals surface area contributed by atoms with E-state index in [-0.39, 0.29) is 37.0 Å². The fourth-order valence-electron chi connectivity index (χ4n) is 6.99. The Bertz CT molecular complexity index is 2700. The van der Waals surface area contributed by atoms with Gasteiger partial charge in [0.25, 0.3) is 11.8 Å². The summed E-state index contributed by atoms with van der Waals surface area (Å²) in [6.07, 6.45) is 0. The number of aromatic amines is 1. The zero-order valence-corrected chi connectivity index (χ0v) is 33.5. The van der Waals surface area contributed by atoms with Crippen LogP contribution in [0.5, 0.6) is 11.5 Å². The SMILES string of the molecule is COc1ccc([C@H]2Sc3ccccc3N(CC(=O)NCc3cccc4ccccc34)C(=O)[C@@H]2NC(=O)c2cc3cc(OP(=O)(O)OCc4ccccc4)ccc3[nH]2)cc1. The predicted octanol–water partition coefficient (Wildman–Crippen LogP) is 8.32. The summed E-state index contributed by atoms with van der Waals surface area (Å²) in [5, 5.41) is 7.96. The van der Waals surface area contributed by atoms with E-state index in [2.05, 4.69) is 15.6 Å². The minimum absolute atomic E-state index is 0.0596. The Morgan fingerprint density at radius 1 is 0.831 bits per heavy atom. The number of carbonyl (C=O) groups excluding carboxylic acids is 3. The zero-order valence-electron chi connectivity index (χ0n) is 31.7. The number of ether oxygens (including phenoxy) is 1. The van der Waals surface area contributed by atoms with Crippen molar-refractivity contribution in [2.75, 3.05) is 18.6 Å². The minimum atomic E-state index is -4.49. The Hall–Kier alpha value is -6.37. The van der Waals surface area contributed by atoms with Crippen molar-refractivity contribution in [2.45, 2.75) is 29.3 Å². The molecule has 3 atom stereocenters. The van der Waals surface area contributed by atoms with Crippen molar-refractivity contribution in [1.29, 1.82) is 0 Å². The molecule has 298 valence electrons. The lowest BCUT2D eigenvalue weighted by atomic mass is 10.0. The van der Waals surface area contributed by atoms with Gasteiger partial charge in [0, 0.05) is 22.3 Å². The molecule has 1 aliphatic rings. The van der Waals surface area contributed by atoms with Gasteiger partial charge in [-0.3, -0.25) is 23.8 Å². The van der Waals surface area contributed by atoms with Gasteiger partial charge in [-0.15, -0.1) is 11.8 Å². The third-order valence-electron chi connectivity index (χ3n) is 9.93. The number of methoxy groups -OCH3 is 1. The highest BCUT2D eigenvalue weighted by molar-refractivity contribution is 7.99. The molecule has 0 spiro atoms. The normalized spacial score (nSPS) is 16.2. The van der Waals surface area contributed by atoms with Gasteiger partial charge in [-0.1, -0.05) is 97.1 Å². The summed E-state index contributed by atoms with van der Waals surface area (Å²) in [7, 11) is -2.92. The lowest BCUT2D eigenvalue weighted by Gasteiger charge is -2.28. The molecule has 59 heavy (non-hydrogen) atoms. The van der Waals surface area contributed by atoms with E-state index >= 15 is 0 Å². The first-order valence-corrected chi connectivity index (χ1v) is 21.1. The second-order valence-electron chi connectivity index (χ2n) is 13.8. The highest BCUT2D eigenvalue weighted by atomic mass is 32.2. The molecule has 4 N–H and O–H groups in total. The fourth-order valence-corrected chi connectivity index (χ4v) is 9.08. The van der Waals surface area contributed by atoms with E-state index in [1.807, 2.05) is 78.9 Å². The highest BCUT2D eigenvalue weighted by Crippen LogP contribution is 2.47. The van der Waals surface area contributed by atoms with Crippen LogP contribution in [0.1, 0.15) is 32.4 Å². The number of nitrogens with zero attached hydrogens (tertiary/aromatic N) is 1. The number of amides is 3. The van der Waals surface area contributed by atoms with Gasteiger partial charge in [0.1, 0.15) is 29.8 Å². The summed E-state index contributed by atoms with van der Waals surface area (Å²) in [5.41, 5.74) is 3.63. The molecule has 8 rings (SSSR count). The van der Waals surface area contributed by atoms with Crippen molar-refractivity contribution >= 4 is 64.7 Å². The molecule has 2 heterocycles. The number of benzene rings is 6. The van der Waals surface area contributed by atoms with Crippen LogP contribution in [-0.2, 0) is 31.8 Å². The van der Waals surface area contributed by atoms with Gasteiger partial charge in [0.05, 0.1) is 24.7 Å². The average Bonchev–Trinajstić information content (AvgIpc) is 3.65. The number of thioether (sulfide) groups is 1. The number of nitrogens with one attached hydrogen (secondary N) is 3. The quantitative estimate of drug-likeness (QED) is 0.0839. The molecule has 0 aliphatic carbocycles. The first-order chi connectivity index (χ1) is 28.6. The molecule has 1 unspecified atom stereocenters. The summed E-state index contributed by atoms with van der Waals surface area (Å²) in [4.78, 5) is 58.4. The van der Waals surface area contributed by atoms with Crippen molar-refractivity contribution in [3.05, 3.63) is 168 Å². The first kappa shape index (κ1) is 39.5. The van der Waals surface area contributed by atoms with E-state index in [1.165, 1.54) is 28.8 Å². The van der Waals surface area contributed by atoms with Crippen LogP contribution in [0.2, 0.25) is 0 Å². The number of anilines is 1. The van der Waals surface area contributed by atoms with E-state index in [9.17, 15) is 23.8 Å². The molecule has 0 radical (unpaired) electrons. The molecular weight excluding hydrogens is 788 g/mol. The predicted molar refractivity (Wildman–Crippen MR) is 227 cm³/mol. The maximum absolute atomic E-state index is 14.9. The van der Waals surface area contributed by atoms with Crippen LogP contribution in [-0.4, -0.2) is 47.3 Å². The minimum Gasteiger partial charge on any atom is -0.497 e. The summed E-state index contributed by atoms with van der Waals surface area (Å²) >= 11 is 1.41. The van der Waals surface area contributed by atoms with Crippen LogP contribution in [0.4, 0.5) is 5.69 Å². The Labute approximate surface area is 344 Å². The maximum atomic E-state index is 14.9. The van der Waals surface area contributed by atoms with Crippen molar-refractivity contribution in [3.63, 3.8) is 0 Å². The van der Waals surface area contributed by atoms with E-state index in [0.717, 1.165) is 26.8 Å². The van der Waals surface area contributed by atoms with Gasteiger partial charge >= 0.3 is 7.82 Å². The Morgan fingerprint density at radius 2 is 1.56 bits per heavy atom. The number of carbonyl (C=O) groups is 3. The number of H-pyrrole nitrogens is 1. The number of rotatable bonds is 13. The Kier molecular flexibility index (Phi) is 11.5. The molecule has 7 aromatic rings. The molecular formula is C45H39N4O8PS. The number of hydrogen-bond donors (Lipinski definition) is 4. The summed E-state index contributed by atoms with van der Waals surface area (Å²) in [6.45, 7) is -0.155. The van der Waals surface area contributed by atoms with E-state index in [0.29, 0.717) is 27.9 Å². The third kappa shape index (κ3) is 9.04. The van der Waals surface area contributed by atoms with Crippen LogP contribution in [0.15, 0.2) is 150 Å². The molecule has 0 saturated heterocycles. The monoisotopic (exact) mass is 826 g/mol. The Morgan fingerprint density at radius 3 is 2.37 bits per heavy atom. The van der Waals surface area contributed by atoms with Gasteiger partial charge < -0.3 is 29.8 Å². The van der Waals surface area contributed by atoms with Crippen molar-refractivity contribution < 1.29 is 37.6 Å². The van der Waals surface area contributed by atoms with Crippen LogP contribution in [0, 0.1) is 0 Å².